The molecule has 6 nitrogen and oxygen atoms in total. The second kappa shape index (κ2) is 5.29. The van der Waals surface area contributed by atoms with E-state index in [1.54, 1.807) is 17.4 Å². The number of amides is 1. The van der Waals surface area contributed by atoms with Crippen molar-refractivity contribution in [1.29, 1.82) is 0 Å². The Morgan fingerprint density at radius 3 is 2.88 bits per heavy atom. The van der Waals surface area contributed by atoms with E-state index in [4.69, 9.17) is 5.73 Å². The molecule has 1 fully saturated rings. The molecule has 0 aromatic carbocycles. The maximum atomic E-state index is 12.1. The van der Waals surface area contributed by atoms with Crippen molar-refractivity contribution in [3.63, 3.8) is 0 Å². The van der Waals surface area contributed by atoms with Crippen molar-refractivity contribution in [2.75, 3.05) is 19.6 Å². The summed E-state index contributed by atoms with van der Waals surface area (Å²) in [6.07, 6.45) is 4.37. The number of likely N-dealkylation sites (tertiary alicyclic amines) is 1. The van der Waals surface area contributed by atoms with Crippen LogP contribution in [0.4, 0.5) is 0 Å². The number of imidazole rings is 1. The van der Waals surface area contributed by atoms with Crippen LogP contribution in [0.25, 0.3) is 0 Å². The molecule has 1 aliphatic heterocycles. The van der Waals surface area contributed by atoms with Crippen molar-refractivity contribution in [3.8, 4) is 0 Å². The zero-order chi connectivity index (χ0) is 12.3. The van der Waals surface area contributed by atoms with Crippen LogP contribution in [0.3, 0.4) is 0 Å². The van der Waals surface area contributed by atoms with Crippen LogP contribution in [0.1, 0.15) is 23.3 Å². The van der Waals surface area contributed by atoms with Crippen LogP contribution in [-0.4, -0.2) is 51.2 Å². The first-order valence-electron chi connectivity index (χ1n) is 5.90. The van der Waals surface area contributed by atoms with Crippen molar-refractivity contribution in [2.45, 2.75) is 25.5 Å². The van der Waals surface area contributed by atoms with Crippen molar-refractivity contribution < 1.29 is 9.90 Å². The van der Waals surface area contributed by atoms with Crippen LogP contribution in [-0.2, 0) is 6.54 Å². The summed E-state index contributed by atoms with van der Waals surface area (Å²) in [7, 11) is 0. The van der Waals surface area contributed by atoms with Gasteiger partial charge in [-0.3, -0.25) is 4.79 Å². The van der Waals surface area contributed by atoms with Crippen molar-refractivity contribution in [3.05, 3.63) is 18.2 Å². The molecule has 0 aliphatic carbocycles. The SMILES string of the molecule is NCCn1cnc(C(=O)N2CCC(O)CC2)c1. The molecule has 0 bridgehead atoms. The van der Waals surface area contributed by atoms with Crippen LogP contribution < -0.4 is 5.73 Å². The lowest BCUT2D eigenvalue weighted by atomic mass is 10.1. The average Bonchev–Trinajstić information content (AvgIpc) is 2.78. The zero-order valence-electron chi connectivity index (χ0n) is 9.75. The predicted octanol–water partition coefficient (Wildman–Crippen LogP) is -0.561. The van der Waals surface area contributed by atoms with Gasteiger partial charge in [0.05, 0.1) is 12.4 Å². The number of nitrogens with zero attached hydrogens (tertiary/aromatic N) is 3. The summed E-state index contributed by atoms with van der Waals surface area (Å²) >= 11 is 0. The number of aliphatic hydroxyl groups is 1. The van der Waals surface area contributed by atoms with E-state index in [1.165, 1.54) is 0 Å². The third kappa shape index (κ3) is 2.83. The highest BCUT2D eigenvalue weighted by Gasteiger charge is 2.23. The lowest BCUT2D eigenvalue weighted by molar-refractivity contribution is 0.0542. The largest absolute Gasteiger partial charge is 0.393 e. The molecule has 0 atom stereocenters. The quantitative estimate of drug-likeness (QED) is 0.739. The topological polar surface area (TPSA) is 84.4 Å². The second-order valence-corrected chi connectivity index (χ2v) is 4.31. The Hall–Kier alpha value is -1.40. The molecule has 1 saturated heterocycles. The molecule has 1 amide bonds. The summed E-state index contributed by atoms with van der Waals surface area (Å²) in [6.45, 7) is 2.40. The first kappa shape index (κ1) is 12.1. The molecular formula is C11H18N4O2. The molecule has 17 heavy (non-hydrogen) atoms. The number of aliphatic hydroxyl groups excluding tert-OH is 1. The van der Waals surface area contributed by atoms with Gasteiger partial charge in [0, 0.05) is 32.4 Å². The number of carbonyl (C=O) groups excluding carboxylic acids is 1. The van der Waals surface area contributed by atoms with Gasteiger partial charge in [-0.15, -0.1) is 0 Å². The van der Waals surface area contributed by atoms with Gasteiger partial charge in [0.2, 0.25) is 0 Å². The van der Waals surface area contributed by atoms with Gasteiger partial charge in [0.15, 0.2) is 0 Å². The van der Waals surface area contributed by atoms with E-state index in [0.29, 0.717) is 44.7 Å². The maximum Gasteiger partial charge on any atom is 0.274 e. The maximum absolute atomic E-state index is 12.1. The fraction of sp³-hybridized carbons (Fsp3) is 0.636. The number of carbonyl (C=O) groups is 1. The van der Waals surface area contributed by atoms with Crippen LogP contribution in [0.5, 0.6) is 0 Å². The van der Waals surface area contributed by atoms with Gasteiger partial charge in [0.1, 0.15) is 5.69 Å². The third-order valence-corrected chi connectivity index (χ3v) is 2.99. The fourth-order valence-corrected chi connectivity index (χ4v) is 1.97. The molecule has 0 spiro atoms. The molecule has 1 aromatic rings. The number of piperidine rings is 1. The first-order chi connectivity index (χ1) is 8.20. The van der Waals surface area contributed by atoms with E-state index < -0.39 is 0 Å². The number of hydrogen-bond acceptors (Lipinski definition) is 4. The summed E-state index contributed by atoms with van der Waals surface area (Å²) < 4.78 is 1.81. The Balaban J connectivity index is 1.98. The van der Waals surface area contributed by atoms with Gasteiger partial charge in [-0.05, 0) is 12.8 Å². The van der Waals surface area contributed by atoms with Gasteiger partial charge >= 0.3 is 0 Å². The summed E-state index contributed by atoms with van der Waals surface area (Å²) in [6, 6.07) is 0. The average molecular weight is 238 g/mol. The smallest absolute Gasteiger partial charge is 0.274 e. The number of hydrogen-bond donors (Lipinski definition) is 2. The summed E-state index contributed by atoms with van der Waals surface area (Å²) in [5, 5.41) is 9.38. The molecule has 3 N–H and O–H groups in total. The Labute approximate surface area is 100 Å². The molecule has 2 rings (SSSR count). The van der Waals surface area contributed by atoms with E-state index in [9.17, 15) is 9.90 Å². The molecule has 1 aliphatic rings. The monoisotopic (exact) mass is 238 g/mol. The highest BCUT2D eigenvalue weighted by atomic mass is 16.3. The molecule has 94 valence electrons. The number of aromatic nitrogens is 2. The van der Waals surface area contributed by atoms with Gasteiger partial charge in [-0.2, -0.15) is 0 Å². The van der Waals surface area contributed by atoms with Crippen LogP contribution in [0.2, 0.25) is 0 Å². The van der Waals surface area contributed by atoms with Crippen LogP contribution in [0.15, 0.2) is 12.5 Å². The number of nitrogens with two attached hydrogens (primary N) is 1. The summed E-state index contributed by atoms with van der Waals surface area (Å²) in [5.74, 6) is -0.0623. The normalized spacial score (nSPS) is 17.4. The van der Waals surface area contributed by atoms with Gasteiger partial charge in [0.25, 0.3) is 5.91 Å². The molecule has 6 heteroatoms. The van der Waals surface area contributed by atoms with Crippen LogP contribution >= 0.6 is 0 Å². The fourth-order valence-electron chi connectivity index (χ4n) is 1.97. The summed E-state index contributed by atoms with van der Waals surface area (Å²) in [4.78, 5) is 17.9. The Bertz CT molecular complexity index is 383. The molecule has 1 aromatic heterocycles. The predicted molar refractivity (Wildman–Crippen MR) is 62.4 cm³/mol. The second-order valence-electron chi connectivity index (χ2n) is 4.31. The molecule has 0 unspecified atom stereocenters. The minimum atomic E-state index is -0.270. The van der Waals surface area contributed by atoms with E-state index in [0.717, 1.165) is 0 Å². The third-order valence-electron chi connectivity index (χ3n) is 2.99. The van der Waals surface area contributed by atoms with E-state index in [-0.39, 0.29) is 12.0 Å². The highest BCUT2D eigenvalue weighted by molar-refractivity contribution is 5.92. The Kier molecular flexibility index (Phi) is 3.75. The Morgan fingerprint density at radius 2 is 2.24 bits per heavy atom. The highest BCUT2D eigenvalue weighted by Crippen LogP contribution is 2.12. The van der Waals surface area contributed by atoms with Crippen molar-refractivity contribution >= 4 is 5.91 Å². The Morgan fingerprint density at radius 1 is 1.53 bits per heavy atom. The molecule has 0 saturated carbocycles. The lowest BCUT2D eigenvalue weighted by Gasteiger charge is -2.28. The van der Waals surface area contributed by atoms with Crippen molar-refractivity contribution in [2.24, 2.45) is 5.73 Å². The molecular weight excluding hydrogens is 220 g/mol. The standard InChI is InChI=1S/C11H18N4O2/c12-3-6-14-7-10(13-8-14)11(17)15-4-1-9(16)2-5-15/h7-9,16H,1-6,12H2. The van der Waals surface area contributed by atoms with Gasteiger partial charge in [-0.1, -0.05) is 0 Å². The van der Waals surface area contributed by atoms with E-state index in [2.05, 4.69) is 4.98 Å². The minimum Gasteiger partial charge on any atom is -0.393 e. The molecule has 0 radical (unpaired) electrons. The first-order valence-corrected chi connectivity index (χ1v) is 5.90. The molecule has 2 heterocycles. The van der Waals surface area contributed by atoms with Gasteiger partial charge in [-0.25, -0.2) is 4.98 Å². The van der Waals surface area contributed by atoms with Crippen LogP contribution in [0, 0.1) is 0 Å². The minimum absolute atomic E-state index is 0.0623. The summed E-state index contributed by atoms with van der Waals surface area (Å²) in [5.41, 5.74) is 5.89. The van der Waals surface area contributed by atoms with E-state index >= 15 is 0 Å². The van der Waals surface area contributed by atoms with Crippen molar-refractivity contribution in [1.82, 2.24) is 14.5 Å². The lowest BCUT2D eigenvalue weighted by Crippen LogP contribution is -2.40. The van der Waals surface area contributed by atoms with Gasteiger partial charge < -0.3 is 20.3 Å². The van der Waals surface area contributed by atoms with E-state index in [1.807, 2.05) is 4.57 Å². The zero-order valence-corrected chi connectivity index (χ0v) is 9.75. The number of rotatable bonds is 3.